The summed E-state index contributed by atoms with van der Waals surface area (Å²) in [6.45, 7) is 4.66. The molecule has 1 aliphatic heterocycles. The van der Waals surface area contributed by atoms with Crippen molar-refractivity contribution in [3.05, 3.63) is 0 Å². The fourth-order valence-electron chi connectivity index (χ4n) is 1.75. The number of rotatable bonds is 5. The van der Waals surface area contributed by atoms with Gasteiger partial charge < -0.3 is 9.64 Å². The number of nitrogens with zero attached hydrogens (tertiary/aromatic N) is 1. The second-order valence-electron chi connectivity index (χ2n) is 4.40. The summed E-state index contributed by atoms with van der Waals surface area (Å²) in [5, 5.41) is 0. The van der Waals surface area contributed by atoms with Gasteiger partial charge in [0.05, 0.1) is 6.61 Å². The Bertz CT molecular complexity index is 191. The first kappa shape index (κ1) is 10.1. The number of hydrogen-bond acceptors (Lipinski definition) is 3. The van der Waals surface area contributed by atoms with Crippen LogP contribution >= 0.6 is 0 Å². The standard InChI is InChI=1S/C11H19NO2/c13-11-3-5-12(6-4-11)7-8-14-9-10-1-2-10/h10H,1-9H2. The molecule has 0 amide bonds. The first-order valence-corrected chi connectivity index (χ1v) is 5.66. The predicted molar refractivity (Wildman–Crippen MR) is 54.2 cm³/mol. The molecule has 80 valence electrons. The van der Waals surface area contributed by atoms with E-state index in [0.717, 1.165) is 51.6 Å². The molecular formula is C11H19NO2. The maximum absolute atomic E-state index is 11.0. The molecule has 3 heteroatoms. The van der Waals surface area contributed by atoms with Crippen LogP contribution in [0.5, 0.6) is 0 Å². The van der Waals surface area contributed by atoms with Gasteiger partial charge in [0.15, 0.2) is 0 Å². The van der Waals surface area contributed by atoms with Gasteiger partial charge in [-0.3, -0.25) is 4.79 Å². The zero-order valence-electron chi connectivity index (χ0n) is 8.71. The van der Waals surface area contributed by atoms with Gasteiger partial charge in [-0.2, -0.15) is 0 Å². The van der Waals surface area contributed by atoms with E-state index in [4.69, 9.17) is 4.74 Å². The van der Waals surface area contributed by atoms with Crippen LogP contribution in [0.25, 0.3) is 0 Å². The van der Waals surface area contributed by atoms with Crippen LogP contribution in [0.15, 0.2) is 0 Å². The number of hydrogen-bond donors (Lipinski definition) is 0. The molecule has 0 N–H and O–H groups in total. The van der Waals surface area contributed by atoms with Crippen molar-refractivity contribution >= 4 is 5.78 Å². The van der Waals surface area contributed by atoms with Crippen LogP contribution in [0.3, 0.4) is 0 Å². The molecule has 0 aromatic carbocycles. The Morgan fingerprint density at radius 2 is 2.00 bits per heavy atom. The third-order valence-electron chi connectivity index (χ3n) is 3.02. The van der Waals surface area contributed by atoms with Crippen LogP contribution in [-0.2, 0) is 9.53 Å². The first-order valence-electron chi connectivity index (χ1n) is 5.66. The monoisotopic (exact) mass is 197 g/mol. The van der Waals surface area contributed by atoms with Crippen LogP contribution in [0.4, 0.5) is 0 Å². The number of ether oxygens (including phenoxy) is 1. The largest absolute Gasteiger partial charge is 0.380 e. The fourth-order valence-corrected chi connectivity index (χ4v) is 1.75. The van der Waals surface area contributed by atoms with Gasteiger partial charge in [-0.1, -0.05) is 0 Å². The lowest BCUT2D eigenvalue weighted by atomic mass is 10.1. The second-order valence-corrected chi connectivity index (χ2v) is 4.40. The van der Waals surface area contributed by atoms with E-state index in [0.29, 0.717) is 5.78 Å². The molecular weight excluding hydrogens is 178 g/mol. The van der Waals surface area contributed by atoms with Crippen molar-refractivity contribution in [1.82, 2.24) is 4.90 Å². The summed E-state index contributed by atoms with van der Waals surface area (Å²) in [4.78, 5) is 13.3. The van der Waals surface area contributed by atoms with Gasteiger partial charge in [0.2, 0.25) is 0 Å². The van der Waals surface area contributed by atoms with Crippen molar-refractivity contribution in [1.29, 1.82) is 0 Å². The van der Waals surface area contributed by atoms with E-state index < -0.39 is 0 Å². The quantitative estimate of drug-likeness (QED) is 0.618. The minimum atomic E-state index is 0.417. The summed E-state index contributed by atoms with van der Waals surface area (Å²) < 4.78 is 5.56. The average molecular weight is 197 g/mol. The highest BCUT2D eigenvalue weighted by Crippen LogP contribution is 2.28. The zero-order chi connectivity index (χ0) is 9.80. The topological polar surface area (TPSA) is 29.5 Å². The SMILES string of the molecule is O=C1CCN(CCOCC2CC2)CC1. The Hall–Kier alpha value is -0.410. The van der Waals surface area contributed by atoms with E-state index in [9.17, 15) is 4.79 Å². The lowest BCUT2D eigenvalue weighted by molar-refractivity contribution is -0.121. The highest BCUT2D eigenvalue weighted by atomic mass is 16.5. The Morgan fingerprint density at radius 1 is 1.29 bits per heavy atom. The summed E-state index contributed by atoms with van der Waals surface area (Å²) in [5.41, 5.74) is 0. The van der Waals surface area contributed by atoms with Gasteiger partial charge in [-0.15, -0.1) is 0 Å². The molecule has 14 heavy (non-hydrogen) atoms. The second kappa shape index (κ2) is 4.89. The van der Waals surface area contributed by atoms with Crippen LogP contribution in [0.1, 0.15) is 25.7 Å². The summed E-state index contributed by atoms with van der Waals surface area (Å²) in [6, 6.07) is 0. The normalized spacial score (nSPS) is 24.1. The van der Waals surface area contributed by atoms with Crippen molar-refractivity contribution in [2.24, 2.45) is 5.92 Å². The van der Waals surface area contributed by atoms with Crippen LogP contribution in [0, 0.1) is 5.92 Å². The summed E-state index contributed by atoms with van der Waals surface area (Å²) in [7, 11) is 0. The number of carbonyl (C=O) groups is 1. The minimum absolute atomic E-state index is 0.417. The summed E-state index contributed by atoms with van der Waals surface area (Å²) >= 11 is 0. The number of ketones is 1. The van der Waals surface area contributed by atoms with Crippen molar-refractivity contribution in [2.45, 2.75) is 25.7 Å². The van der Waals surface area contributed by atoms with Gasteiger partial charge in [0.1, 0.15) is 5.78 Å². The Labute approximate surface area is 85.4 Å². The van der Waals surface area contributed by atoms with Crippen molar-refractivity contribution < 1.29 is 9.53 Å². The third-order valence-corrected chi connectivity index (χ3v) is 3.02. The molecule has 1 saturated heterocycles. The molecule has 0 bridgehead atoms. The fraction of sp³-hybridized carbons (Fsp3) is 0.909. The highest BCUT2D eigenvalue weighted by Gasteiger charge is 2.21. The third kappa shape index (κ3) is 3.39. The van der Waals surface area contributed by atoms with Crippen LogP contribution < -0.4 is 0 Å². The molecule has 3 nitrogen and oxygen atoms in total. The molecule has 1 saturated carbocycles. The van der Waals surface area contributed by atoms with Gasteiger partial charge in [0, 0.05) is 39.1 Å². The number of likely N-dealkylation sites (tertiary alicyclic amines) is 1. The summed E-state index contributed by atoms with van der Waals surface area (Å²) in [6.07, 6.45) is 4.20. The van der Waals surface area contributed by atoms with Gasteiger partial charge >= 0.3 is 0 Å². The Kier molecular flexibility index (Phi) is 3.54. The molecule has 0 aromatic heterocycles. The van der Waals surface area contributed by atoms with Crippen LogP contribution in [-0.4, -0.2) is 43.5 Å². The van der Waals surface area contributed by atoms with E-state index in [-0.39, 0.29) is 0 Å². The average Bonchev–Trinajstić information content (AvgIpc) is 2.99. The van der Waals surface area contributed by atoms with Crippen molar-refractivity contribution in [3.8, 4) is 0 Å². The molecule has 2 fully saturated rings. The lowest BCUT2D eigenvalue weighted by Crippen LogP contribution is -2.36. The van der Waals surface area contributed by atoms with E-state index >= 15 is 0 Å². The molecule has 0 atom stereocenters. The lowest BCUT2D eigenvalue weighted by Gasteiger charge is -2.25. The molecule has 0 unspecified atom stereocenters. The Morgan fingerprint density at radius 3 is 2.64 bits per heavy atom. The molecule has 0 spiro atoms. The van der Waals surface area contributed by atoms with Gasteiger partial charge in [0.25, 0.3) is 0 Å². The molecule has 2 rings (SSSR count). The molecule has 1 aliphatic carbocycles. The Balaban J connectivity index is 1.49. The van der Waals surface area contributed by atoms with Gasteiger partial charge in [-0.25, -0.2) is 0 Å². The number of piperidine rings is 1. The van der Waals surface area contributed by atoms with Crippen molar-refractivity contribution in [3.63, 3.8) is 0 Å². The number of Topliss-reactive ketones (excluding diaryl/α,β-unsaturated/α-hetero) is 1. The van der Waals surface area contributed by atoms with E-state index in [1.165, 1.54) is 12.8 Å². The highest BCUT2D eigenvalue weighted by molar-refractivity contribution is 5.79. The first-order chi connectivity index (χ1) is 6.84. The van der Waals surface area contributed by atoms with Crippen LogP contribution in [0.2, 0.25) is 0 Å². The van der Waals surface area contributed by atoms with E-state index in [1.54, 1.807) is 0 Å². The minimum Gasteiger partial charge on any atom is -0.380 e. The molecule has 1 heterocycles. The molecule has 2 aliphatic rings. The smallest absolute Gasteiger partial charge is 0.135 e. The number of carbonyl (C=O) groups excluding carboxylic acids is 1. The van der Waals surface area contributed by atoms with E-state index in [2.05, 4.69) is 4.90 Å². The predicted octanol–water partition coefficient (Wildman–Crippen LogP) is 1.08. The van der Waals surface area contributed by atoms with Crippen molar-refractivity contribution in [2.75, 3.05) is 32.8 Å². The maximum Gasteiger partial charge on any atom is 0.135 e. The zero-order valence-corrected chi connectivity index (χ0v) is 8.71. The van der Waals surface area contributed by atoms with Gasteiger partial charge in [-0.05, 0) is 18.8 Å². The molecule has 0 aromatic rings. The van der Waals surface area contributed by atoms with E-state index in [1.807, 2.05) is 0 Å². The summed E-state index contributed by atoms with van der Waals surface area (Å²) in [5.74, 6) is 1.28. The molecule has 0 radical (unpaired) electrons. The maximum atomic E-state index is 11.0.